The number of ether oxygens (including phenoxy) is 2. The Hall–Kier alpha value is -1.56. The van der Waals surface area contributed by atoms with Gasteiger partial charge < -0.3 is 19.7 Å². The zero-order chi connectivity index (χ0) is 19.6. The largest absolute Gasteiger partial charge is 0.490 e. The topological polar surface area (TPSA) is 33.7 Å². The molecule has 0 saturated heterocycles. The zero-order valence-corrected chi connectivity index (χ0v) is 18.4. The molecule has 0 atom stereocenters. The highest BCUT2D eigenvalue weighted by Gasteiger charge is 2.11. The summed E-state index contributed by atoms with van der Waals surface area (Å²) in [6, 6.07) is 12.5. The predicted molar refractivity (Wildman–Crippen MR) is 116 cm³/mol. The Morgan fingerprint density at radius 1 is 1.04 bits per heavy atom. The average Bonchev–Trinajstić information content (AvgIpc) is 2.63. The summed E-state index contributed by atoms with van der Waals surface area (Å²) in [6.07, 6.45) is 1.13. The maximum absolute atomic E-state index is 6.04. The van der Waals surface area contributed by atoms with E-state index in [0.717, 1.165) is 47.6 Å². The molecule has 0 unspecified atom stereocenters. The minimum absolute atomic E-state index is 0.523. The van der Waals surface area contributed by atoms with Crippen molar-refractivity contribution in [2.45, 2.75) is 33.4 Å². The molecule has 0 aliphatic heterocycles. The van der Waals surface area contributed by atoms with Crippen molar-refractivity contribution in [1.82, 2.24) is 10.2 Å². The zero-order valence-electron chi connectivity index (χ0n) is 16.8. The molecular weight excluding hydrogens is 404 g/mol. The van der Waals surface area contributed by atoms with E-state index in [0.29, 0.717) is 13.2 Å². The van der Waals surface area contributed by atoms with Crippen LogP contribution in [-0.2, 0) is 13.2 Å². The summed E-state index contributed by atoms with van der Waals surface area (Å²) >= 11 is 3.68. The molecule has 27 heavy (non-hydrogen) atoms. The maximum Gasteiger partial charge on any atom is 0.162 e. The Labute approximate surface area is 172 Å². The standard InChI is InChI=1S/C22H31BrN2O2/c1-5-26-21-13-19(15-24-11-6-12-25(3)4)20(23)14-22(21)27-16-18-9-7-17(2)8-10-18/h7-10,13-14,24H,5-6,11-12,15-16H2,1-4H3. The molecule has 2 aromatic rings. The molecule has 0 aliphatic carbocycles. The second-order valence-electron chi connectivity index (χ2n) is 6.93. The van der Waals surface area contributed by atoms with Gasteiger partial charge in [0, 0.05) is 11.0 Å². The molecule has 148 valence electrons. The van der Waals surface area contributed by atoms with Crippen LogP contribution in [0.5, 0.6) is 11.5 Å². The number of aryl methyl sites for hydroxylation is 1. The van der Waals surface area contributed by atoms with Crippen LogP contribution in [0, 0.1) is 6.92 Å². The SMILES string of the molecule is CCOc1cc(CNCCCN(C)C)c(Br)cc1OCc1ccc(C)cc1. The molecule has 0 heterocycles. The third kappa shape index (κ3) is 7.53. The molecule has 0 saturated carbocycles. The van der Waals surface area contributed by atoms with Crippen LogP contribution in [0.3, 0.4) is 0 Å². The lowest BCUT2D eigenvalue weighted by atomic mass is 10.1. The number of nitrogens with zero attached hydrogens (tertiary/aromatic N) is 1. The van der Waals surface area contributed by atoms with Gasteiger partial charge >= 0.3 is 0 Å². The lowest BCUT2D eigenvalue weighted by molar-refractivity contribution is 0.269. The van der Waals surface area contributed by atoms with Crippen LogP contribution in [0.2, 0.25) is 0 Å². The van der Waals surface area contributed by atoms with E-state index >= 15 is 0 Å². The Morgan fingerprint density at radius 2 is 1.74 bits per heavy atom. The monoisotopic (exact) mass is 434 g/mol. The van der Waals surface area contributed by atoms with E-state index in [2.05, 4.69) is 77.5 Å². The van der Waals surface area contributed by atoms with Gasteiger partial charge in [-0.1, -0.05) is 45.8 Å². The molecule has 2 aromatic carbocycles. The van der Waals surface area contributed by atoms with E-state index in [9.17, 15) is 0 Å². The predicted octanol–water partition coefficient (Wildman–Crippen LogP) is 4.78. The van der Waals surface area contributed by atoms with Crippen molar-refractivity contribution in [2.75, 3.05) is 33.8 Å². The Balaban J connectivity index is 2.00. The van der Waals surface area contributed by atoms with Gasteiger partial charge in [-0.25, -0.2) is 0 Å². The number of hydrogen-bond donors (Lipinski definition) is 1. The van der Waals surface area contributed by atoms with Crippen LogP contribution in [0.1, 0.15) is 30.0 Å². The van der Waals surface area contributed by atoms with E-state index < -0.39 is 0 Å². The van der Waals surface area contributed by atoms with Gasteiger partial charge in [0.15, 0.2) is 11.5 Å². The highest BCUT2D eigenvalue weighted by molar-refractivity contribution is 9.10. The average molecular weight is 435 g/mol. The van der Waals surface area contributed by atoms with Crippen molar-refractivity contribution in [3.63, 3.8) is 0 Å². The molecule has 0 bridgehead atoms. The summed E-state index contributed by atoms with van der Waals surface area (Å²) in [4.78, 5) is 2.20. The van der Waals surface area contributed by atoms with Gasteiger partial charge in [0.2, 0.25) is 0 Å². The summed E-state index contributed by atoms with van der Waals surface area (Å²) < 4.78 is 12.9. The number of halogens is 1. The van der Waals surface area contributed by atoms with Crippen LogP contribution < -0.4 is 14.8 Å². The molecule has 5 heteroatoms. The first-order valence-electron chi connectivity index (χ1n) is 9.48. The molecule has 2 rings (SSSR count). The van der Waals surface area contributed by atoms with E-state index in [1.54, 1.807) is 0 Å². The first-order chi connectivity index (χ1) is 13.0. The highest BCUT2D eigenvalue weighted by atomic mass is 79.9. The van der Waals surface area contributed by atoms with Crippen molar-refractivity contribution < 1.29 is 9.47 Å². The van der Waals surface area contributed by atoms with Crippen molar-refractivity contribution in [3.8, 4) is 11.5 Å². The molecule has 0 amide bonds. The number of rotatable bonds is 11. The van der Waals surface area contributed by atoms with Crippen LogP contribution in [0.4, 0.5) is 0 Å². The number of nitrogens with one attached hydrogen (secondary N) is 1. The van der Waals surface area contributed by atoms with E-state index in [4.69, 9.17) is 9.47 Å². The highest BCUT2D eigenvalue weighted by Crippen LogP contribution is 2.34. The van der Waals surface area contributed by atoms with Crippen molar-refractivity contribution in [2.24, 2.45) is 0 Å². The molecule has 0 fully saturated rings. The van der Waals surface area contributed by atoms with E-state index in [1.807, 2.05) is 13.0 Å². The summed E-state index contributed by atoms with van der Waals surface area (Å²) in [5.41, 5.74) is 3.57. The maximum atomic E-state index is 6.04. The molecule has 1 N–H and O–H groups in total. The fraction of sp³-hybridized carbons (Fsp3) is 0.455. The van der Waals surface area contributed by atoms with Gasteiger partial charge in [0.05, 0.1) is 6.61 Å². The minimum atomic E-state index is 0.523. The Bertz CT molecular complexity index is 702. The van der Waals surface area contributed by atoms with Crippen LogP contribution in [0.15, 0.2) is 40.9 Å². The van der Waals surface area contributed by atoms with Gasteiger partial charge in [-0.3, -0.25) is 0 Å². The summed E-state index contributed by atoms with van der Waals surface area (Å²) in [7, 11) is 4.20. The molecule has 0 aromatic heterocycles. The second kappa shape index (κ2) is 11.3. The third-order valence-electron chi connectivity index (χ3n) is 4.20. The normalized spacial score (nSPS) is 11.0. The van der Waals surface area contributed by atoms with Gasteiger partial charge in [0.1, 0.15) is 6.61 Å². The van der Waals surface area contributed by atoms with Gasteiger partial charge in [-0.05, 0) is 70.7 Å². The summed E-state index contributed by atoms with van der Waals surface area (Å²) in [6.45, 7) is 8.08. The smallest absolute Gasteiger partial charge is 0.162 e. The number of hydrogen-bond acceptors (Lipinski definition) is 4. The molecule has 4 nitrogen and oxygen atoms in total. The van der Waals surface area contributed by atoms with E-state index in [-0.39, 0.29) is 0 Å². The summed E-state index contributed by atoms with van der Waals surface area (Å²) in [5, 5.41) is 3.50. The quantitative estimate of drug-likeness (QED) is 0.516. The van der Waals surface area contributed by atoms with Crippen molar-refractivity contribution in [1.29, 1.82) is 0 Å². The van der Waals surface area contributed by atoms with Crippen LogP contribution in [-0.4, -0.2) is 38.7 Å². The summed E-state index contributed by atoms with van der Waals surface area (Å²) in [5.74, 6) is 1.55. The first kappa shape index (κ1) is 21.7. The van der Waals surface area contributed by atoms with Crippen molar-refractivity contribution >= 4 is 15.9 Å². The van der Waals surface area contributed by atoms with Crippen molar-refractivity contribution in [3.05, 3.63) is 57.6 Å². The van der Waals surface area contributed by atoms with E-state index in [1.165, 1.54) is 11.1 Å². The first-order valence-corrected chi connectivity index (χ1v) is 10.3. The molecular formula is C22H31BrN2O2. The van der Waals surface area contributed by atoms with Gasteiger partial charge in [-0.2, -0.15) is 0 Å². The van der Waals surface area contributed by atoms with Gasteiger partial charge in [0.25, 0.3) is 0 Å². The Morgan fingerprint density at radius 3 is 2.41 bits per heavy atom. The lowest BCUT2D eigenvalue weighted by Gasteiger charge is -2.16. The minimum Gasteiger partial charge on any atom is -0.490 e. The molecule has 0 aliphatic rings. The second-order valence-corrected chi connectivity index (χ2v) is 7.79. The number of benzene rings is 2. The fourth-order valence-corrected chi connectivity index (χ4v) is 3.15. The molecule has 0 radical (unpaired) electrons. The Kier molecular flexibility index (Phi) is 9.11. The molecule has 0 spiro atoms. The van der Waals surface area contributed by atoms with Crippen LogP contribution >= 0.6 is 15.9 Å². The van der Waals surface area contributed by atoms with Gasteiger partial charge in [-0.15, -0.1) is 0 Å². The third-order valence-corrected chi connectivity index (χ3v) is 4.94. The lowest BCUT2D eigenvalue weighted by Crippen LogP contribution is -2.21. The fourth-order valence-electron chi connectivity index (χ4n) is 2.68. The van der Waals surface area contributed by atoms with Crippen LogP contribution in [0.25, 0.3) is 0 Å².